The van der Waals surface area contributed by atoms with Gasteiger partial charge >= 0.3 is 6.18 Å². The van der Waals surface area contributed by atoms with Gasteiger partial charge in [0.05, 0.1) is 12.0 Å². The van der Waals surface area contributed by atoms with Crippen molar-refractivity contribution < 1.29 is 17.6 Å². The largest absolute Gasteiger partial charge is 0.391 e. The van der Waals surface area contributed by atoms with Crippen LogP contribution in [-0.2, 0) is 6.42 Å². The first-order valence-electron chi connectivity index (χ1n) is 6.85. The Labute approximate surface area is 121 Å². The summed E-state index contributed by atoms with van der Waals surface area (Å²) < 4.78 is 50.7. The molecule has 2 rings (SSSR count). The molecule has 1 saturated heterocycles. The number of hydrogen-bond donors (Lipinski definition) is 0. The monoisotopic (exact) mass is 300 g/mol. The number of halogens is 4. The number of benzene rings is 1. The predicted molar refractivity (Wildman–Crippen MR) is 69.9 cm³/mol. The summed E-state index contributed by atoms with van der Waals surface area (Å²) in [6.07, 6.45) is -3.69. The summed E-state index contributed by atoms with van der Waals surface area (Å²) in [5.74, 6) is -1.61. The molecule has 1 aromatic carbocycles. The van der Waals surface area contributed by atoms with E-state index in [2.05, 4.69) is 6.07 Å². The van der Waals surface area contributed by atoms with Crippen molar-refractivity contribution in [1.82, 2.24) is 4.90 Å². The highest BCUT2D eigenvalue weighted by Crippen LogP contribution is 2.34. The Balaban J connectivity index is 1.94. The molecule has 21 heavy (non-hydrogen) atoms. The first kappa shape index (κ1) is 15.8. The van der Waals surface area contributed by atoms with Crippen molar-refractivity contribution in [3.05, 3.63) is 35.6 Å². The summed E-state index contributed by atoms with van der Waals surface area (Å²) in [5, 5.41) is 9.23. The lowest BCUT2D eigenvalue weighted by Crippen LogP contribution is -2.44. The van der Waals surface area contributed by atoms with Gasteiger partial charge in [-0.2, -0.15) is 18.4 Å². The first-order valence-corrected chi connectivity index (χ1v) is 6.85. The maximum Gasteiger partial charge on any atom is 0.391 e. The van der Waals surface area contributed by atoms with Gasteiger partial charge in [0.25, 0.3) is 0 Å². The summed E-state index contributed by atoms with van der Waals surface area (Å²) in [4.78, 5) is 1.78. The summed E-state index contributed by atoms with van der Waals surface area (Å²) >= 11 is 0. The van der Waals surface area contributed by atoms with Crippen molar-refractivity contribution in [3.8, 4) is 6.07 Å². The summed E-state index contributed by atoms with van der Waals surface area (Å²) in [6.45, 7) is 0.535. The van der Waals surface area contributed by atoms with Crippen molar-refractivity contribution in [1.29, 1.82) is 5.26 Å². The number of alkyl halides is 3. The third-order valence-corrected chi connectivity index (χ3v) is 3.92. The van der Waals surface area contributed by atoms with Crippen LogP contribution >= 0.6 is 0 Å². The molecular weight excluding hydrogens is 284 g/mol. The second-order valence-corrected chi connectivity index (χ2v) is 5.33. The molecule has 1 aromatic rings. The van der Waals surface area contributed by atoms with Crippen molar-refractivity contribution >= 4 is 0 Å². The van der Waals surface area contributed by atoms with Crippen LogP contribution in [0.15, 0.2) is 24.3 Å². The molecule has 1 atom stereocenters. The Bertz CT molecular complexity index is 496. The average molecular weight is 300 g/mol. The van der Waals surface area contributed by atoms with E-state index >= 15 is 0 Å². The van der Waals surface area contributed by atoms with E-state index in [1.807, 2.05) is 0 Å². The van der Waals surface area contributed by atoms with Crippen molar-refractivity contribution in [3.63, 3.8) is 0 Å². The number of piperidine rings is 1. The Morgan fingerprint density at radius 2 is 1.76 bits per heavy atom. The minimum absolute atomic E-state index is 0.0328. The fraction of sp³-hybridized carbons (Fsp3) is 0.533. The molecule has 0 radical (unpaired) electrons. The molecular formula is C15H16F4N2. The van der Waals surface area contributed by atoms with Gasteiger partial charge < -0.3 is 0 Å². The second kappa shape index (κ2) is 6.44. The zero-order valence-electron chi connectivity index (χ0n) is 11.4. The van der Waals surface area contributed by atoms with E-state index in [0.717, 1.165) is 5.56 Å². The molecule has 0 saturated carbocycles. The highest BCUT2D eigenvalue weighted by atomic mass is 19.4. The van der Waals surface area contributed by atoms with Gasteiger partial charge in [-0.1, -0.05) is 12.1 Å². The van der Waals surface area contributed by atoms with E-state index in [1.54, 1.807) is 17.0 Å². The van der Waals surface area contributed by atoms with E-state index < -0.39 is 18.1 Å². The van der Waals surface area contributed by atoms with Crippen LogP contribution in [0.5, 0.6) is 0 Å². The fourth-order valence-electron chi connectivity index (χ4n) is 2.64. The van der Waals surface area contributed by atoms with Crippen LogP contribution in [-0.4, -0.2) is 30.2 Å². The fourth-order valence-corrected chi connectivity index (χ4v) is 2.64. The molecule has 114 valence electrons. The van der Waals surface area contributed by atoms with Crippen LogP contribution in [0, 0.1) is 23.1 Å². The summed E-state index contributed by atoms with van der Waals surface area (Å²) in [7, 11) is 0. The maximum absolute atomic E-state index is 12.8. The zero-order valence-corrected chi connectivity index (χ0v) is 11.4. The van der Waals surface area contributed by atoms with Crippen molar-refractivity contribution in [2.45, 2.75) is 31.5 Å². The van der Waals surface area contributed by atoms with E-state index in [-0.39, 0.29) is 31.7 Å². The Hall–Kier alpha value is -1.61. The number of likely N-dealkylation sites (tertiary alicyclic amines) is 1. The molecule has 2 nitrogen and oxygen atoms in total. The normalized spacial score (nSPS) is 19.2. The van der Waals surface area contributed by atoms with Crippen LogP contribution in [0.4, 0.5) is 17.6 Å². The predicted octanol–water partition coefficient (Wildman–Crippen LogP) is 3.53. The lowest BCUT2D eigenvalue weighted by atomic mass is 9.94. The van der Waals surface area contributed by atoms with Gasteiger partial charge in [0.2, 0.25) is 0 Å². The van der Waals surface area contributed by atoms with Gasteiger partial charge in [0, 0.05) is 6.42 Å². The van der Waals surface area contributed by atoms with E-state index in [1.165, 1.54) is 12.1 Å². The van der Waals surface area contributed by atoms with Gasteiger partial charge in [-0.3, -0.25) is 4.90 Å². The van der Waals surface area contributed by atoms with Gasteiger partial charge in [0.15, 0.2) is 0 Å². The smallest absolute Gasteiger partial charge is 0.288 e. The minimum atomic E-state index is -4.15. The molecule has 0 spiro atoms. The second-order valence-electron chi connectivity index (χ2n) is 5.33. The number of hydrogen-bond acceptors (Lipinski definition) is 2. The Kier molecular flexibility index (Phi) is 4.84. The maximum atomic E-state index is 12.8. The van der Waals surface area contributed by atoms with Gasteiger partial charge in [-0.15, -0.1) is 0 Å². The molecule has 0 N–H and O–H groups in total. The van der Waals surface area contributed by atoms with E-state index in [0.29, 0.717) is 6.42 Å². The van der Waals surface area contributed by atoms with Crippen LogP contribution in [0.3, 0.4) is 0 Å². The molecule has 0 aliphatic carbocycles. The highest BCUT2D eigenvalue weighted by Gasteiger charge is 2.41. The molecule has 1 heterocycles. The third kappa shape index (κ3) is 4.18. The van der Waals surface area contributed by atoms with Crippen molar-refractivity contribution in [2.75, 3.05) is 13.1 Å². The standard InChI is InChI=1S/C15H16F4N2/c16-13-3-1-11(2-4-13)9-14(10-20)21-7-5-12(6-8-21)15(17,18)19/h1-4,12,14H,5-9H2/t14-/m0/s1. The molecule has 0 unspecified atom stereocenters. The van der Waals surface area contributed by atoms with Crippen LogP contribution in [0.2, 0.25) is 0 Å². The van der Waals surface area contributed by atoms with Gasteiger partial charge in [-0.25, -0.2) is 4.39 Å². The molecule has 0 amide bonds. The molecule has 6 heteroatoms. The Morgan fingerprint density at radius 1 is 1.19 bits per heavy atom. The number of rotatable bonds is 3. The highest BCUT2D eigenvalue weighted by molar-refractivity contribution is 5.19. The number of nitriles is 1. The van der Waals surface area contributed by atoms with Gasteiger partial charge in [-0.05, 0) is 43.6 Å². The zero-order chi connectivity index (χ0) is 15.5. The molecule has 1 aliphatic heterocycles. The van der Waals surface area contributed by atoms with E-state index in [4.69, 9.17) is 0 Å². The molecule has 0 bridgehead atoms. The van der Waals surface area contributed by atoms with Crippen LogP contribution in [0.25, 0.3) is 0 Å². The van der Waals surface area contributed by atoms with Crippen LogP contribution in [0.1, 0.15) is 18.4 Å². The van der Waals surface area contributed by atoms with Gasteiger partial charge in [0.1, 0.15) is 11.9 Å². The minimum Gasteiger partial charge on any atom is -0.288 e. The quantitative estimate of drug-likeness (QED) is 0.798. The lowest BCUT2D eigenvalue weighted by Gasteiger charge is -2.35. The average Bonchev–Trinajstić information content (AvgIpc) is 2.46. The summed E-state index contributed by atoms with van der Waals surface area (Å²) in [6, 6.07) is 7.51. The van der Waals surface area contributed by atoms with Crippen LogP contribution < -0.4 is 0 Å². The van der Waals surface area contributed by atoms with E-state index in [9.17, 15) is 22.8 Å². The molecule has 1 fully saturated rings. The Morgan fingerprint density at radius 3 is 2.24 bits per heavy atom. The lowest BCUT2D eigenvalue weighted by molar-refractivity contribution is -0.185. The summed E-state index contributed by atoms with van der Waals surface area (Å²) in [5.41, 5.74) is 0.806. The molecule has 0 aromatic heterocycles. The number of nitrogens with zero attached hydrogens (tertiary/aromatic N) is 2. The first-order chi connectivity index (χ1) is 9.90. The van der Waals surface area contributed by atoms with Crippen molar-refractivity contribution in [2.24, 2.45) is 5.92 Å². The topological polar surface area (TPSA) is 27.0 Å². The third-order valence-electron chi connectivity index (χ3n) is 3.92. The SMILES string of the molecule is N#C[C@H](Cc1ccc(F)cc1)N1CCC(C(F)(F)F)CC1. The molecule has 1 aliphatic rings.